The maximum absolute atomic E-state index is 6.01. The number of hydrogen-bond donors (Lipinski definition) is 1. The molecule has 17 heavy (non-hydrogen) atoms. The van der Waals surface area contributed by atoms with Crippen molar-refractivity contribution in [3.05, 3.63) is 0 Å². The van der Waals surface area contributed by atoms with Gasteiger partial charge in [0, 0.05) is 31.8 Å². The Hall–Kier alpha value is -0.160. The van der Waals surface area contributed by atoms with Crippen LogP contribution in [0, 0.1) is 0 Å². The number of nitrogens with zero attached hydrogens (tertiary/aromatic N) is 1. The first-order chi connectivity index (χ1) is 8.09. The first kappa shape index (κ1) is 13.3. The highest BCUT2D eigenvalue weighted by Crippen LogP contribution is 2.40. The molecule has 1 saturated carbocycles. The van der Waals surface area contributed by atoms with Crippen molar-refractivity contribution in [1.82, 2.24) is 4.90 Å². The Morgan fingerprint density at radius 1 is 1.29 bits per heavy atom. The molecule has 1 heterocycles. The highest BCUT2D eigenvalue weighted by Gasteiger charge is 2.49. The first-order valence-electron chi connectivity index (χ1n) is 6.82. The van der Waals surface area contributed by atoms with Gasteiger partial charge in [0.05, 0.1) is 18.3 Å². The van der Waals surface area contributed by atoms with Gasteiger partial charge in [0.2, 0.25) is 0 Å². The van der Waals surface area contributed by atoms with E-state index < -0.39 is 0 Å². The van der Waals surface area contributed by atoms with Gasteiger partial charge < -0.3 is 15.2 Å². The highest BCUT2D eigenvalue weighted by molar-refractivity contribution is 5.05. The Bertz CT molecular complexity index is 244. The number of morpholine rings is 1. The van der Waals surface area contributed by atoms with E-state index in [1.807, 2.05) is 0 Å². The molecular weight excluding hydrogens is 216 g/mol. The van der Waals surface area contributed by atoms with Crippen LogP contribution < -0.4 is 5.73 Å². The molecule has 1 saturated heterocycles. The summed E-state index contributed by atoms with van der Waals surface area (Å²) in [5.74, 6) is 0. The zero-order chi connectivity index (χ0) is 12.5. The summed E-state index contributed by atoms with van der Waals surface area (Å²) in [7, 11) is 0. The van der Waals surface area contributed by atoms with Crippen molar-refractivity contribution < 1.29 is 9.47 Å². The fourth-order valence-corrected chi connectivity index (χ4v) is 3.26. The maximum atomic E-state index is 6.01. The molecule has 100 valence electrons. The van der Waals surface area contributed by atoms with E-state index in [1.165, 1.54) is 0 Å². The van der Waals surface area contributed by atoms with Crippen molar-refractivity contribution in [3.8, 4) is 0 Å². The van der Waals surface area contributed by atoms with Crippen LogP contribution in [-0.2, 0) is 9.47 Å². The first-order valence-corrected chi connectivity index (χ1v) is 6.82. The fourth-order valence-electron chi connectivity index (χ4n) is 3.26. The van der Waals surface area contributed by atoms with Crippen molar-refractivity contribution in [2.75, 3.05) is 26.2 Å². The predicted octanol–water partition coefficient (Wildman–Crippen LogP) is 0.992. The molecule has 0 spiro atoms. The quantitative estimate of drug-likeness (QED) is 0.799. The lowest BCUT2D eigenvalue weighted by Gasteiger charge is -2.56. The van der Waals surface area contributed by atoms with Crippen LogP contribution in [0.25, 0.3) is 0 Å². The fraction of sp³-hybridized carbons (Fsp3) is 1.00. The summed E-state index contributed by atoms with van der Waals surface area (Å²) < 4.78 is 11.5. The second-order valence-electron chi connectivity index (χ2n) is 5.58. The van der Waals surface area contributed by atoms with Crippen molar-refractivity contribution in [2.45, 2.75) is 57.5 Å². The third-order valence-electron chi connectivity index (χ3n) is 4.09. The van der Waals surface area contributed by atoms with Crippen LogP contribution in [0.3, 0.4) is 0 Å². The number of nitrogens with two attached hydrogens (primary N) is 1. The molecule has 2 rings (SSSR count). The van der Waals surface area contributed by atoms with Gasteiger partial charge in [0.25, 0.3) is 0 Å². The number of ether oxygens (including phenoxy) is 2. The Labute approximate surface area is 104 Å². The Morgan fingerprint density at radius 3 is 2.35 bits per heavy atom. The maximum Gasteiger partial charge on any atom is 0.0678 e. The molecule has 0 bridgehead atoms. The van der Waals surface area contributed by atoms with Crippen molar-refractivity contribution in [1.29, 1.82) is 0 Å². The molecule has 0 aromatic heterocycles. The predicted molar refractivity (Wildman–Crippen MR) is 68.0 cm³/mol. The minimum absolute atomic E-state index is 0.173. The second-order valence-corrected chi connectivity index (χ2v) is 5.58. The van der Waals surface area contributed by atoms with Gasteiger partial charge >= 0.3 is 0 Å². The normalized spacial score (nSPS) is 43.4. The van der Waals surface area contributed by atoms with Crippen LogP contribution in [0.2, 0.25) is 0 Å². The van der Waals surface area contributed by atoms with Gasteiger partial charge in [0.1, 0.15) is 0 Å². The van der Waals surface area contributed by atoms with Crippen molar-refractivity contribution >= 4 is 0 Å². The van der Waals surface area contributed by atoms with Gasteiger partial charge in [-0.2, -0.15) is 0 Å². The molecule has 0 amide bonds. The summed E-state index contributed by atoms with van der Waals surface area (Å²) in [5.41, 5.74) is 6.18. The molecule has 1 aliphatic heterocycles. The summed E-state index contributed by atoms with van der Waals surface area (Å²) in [4.78, 5) is 2.53. The summed E-state index contributed by atoms with van der Waals surface area (Å²) in [6.45, 7) is 9.89. The largest absolute Gasteiger partial charge is 0.378 e. The minimum Gasteiger partial charge on any atom is -0.378 e. The highest BCUT2D eigenvalue weighted by atomic mass is 16.5. The van der Waals surface area contributed by atoms with Crippen LogP contribution in [0.4, 0.5) is 0 Å². The van der Waals surface area contributed by atoms with Gasteiger partial charge in [-0.3, -0.25) is 4.90 Å². The molecule has 2 aliphatic rings. The van der Waals surface area contributed by atoms with E-state index in [9.17, 15) is 0 Å². The van der Waals surface area contributed by atoms with Gasteiger partial charge in [0.15, 0.2) is 0 Å². The number of rotatable bonds is 4. The summed E-state index contributed by atoms with van der Waals surface area (Å²) in [6, 6.07) is 0. The Balaban J connectivity index is 1.95. The van der Waals surface area contributed by atoms with Crippen LogP contribution in [0.15, 0.2) is 0 Å². The molecule has 2 N–H and O–H groups in total. The van der Waals surface area contributed by atoms with Crippen LogP contribution in [-0.4, -0.2) is 55.0 Å². The lowest BCUT2D eigenvalue weighted by Crippen LogP contribution is -2.67. The summed E-state index contributed by atoms with van der Waals surface area (Å²) >= 11 is 0. The molecule has 2 atom stereocenters. The summed E-state index contributed by atoms with van der Waals surface area (Å²) in [5, 5.41) is 0. The van der Waals surface area contributed by atoms with E-state index >= 15 is 0 Å². The van der Waals surface area contributed by atoms with Crippen LogP contribution in [0.5, 0.6) is 0 Å². The Kier molecular flexibility index (Phi) is 4.08. The van der Waals surface area contributed by atoms with Crippen molar-refractivity contribution in [3.63, 3.8) is 0 Å². The molecule has 0 radical (unpaired) electrons. The average molecular weight is 242 g/mol. The van der Waals surface area contributed by atoms with Gasteiger partial charge in [-0.15, -0.1) is 0 Å². The summed E-state index contributed by atoms with van der Waals surface area (Å²) in [6.07, 6.45) is 3.20. The molecule has 4 nitrogen and oxygen atoms in total. The third-order valence-corrected chi connectivity index (χ3v) is 4.09. The zero-order valence-corrected chi connectivity index (χ0v) is 11.3. The smallest absolute Gasteiger partial charge is 0.0678 e. The second kappa shape index (κ2) is 5.22. The number of hydrogen-bond acceptors (Lipinski definition) is 4. The Morgan fingerprint density at radius 2 is 1.88 bits per heavy atom. The van der Waals surface area contributed by atoms with Crippen LogP contribution in [0.1, 0.15) is 33.6 Å². The molecule has 0 aromatic rings. The van der Waals surface area contributed by atoms with E-state index in [4.69, 9.17) is 15.2 Å². The van der Waals surface area contributed by atoms with Gasteiger partial charge in [-0.25, -0.2) is 0 Å². The topological polar surface area (TPSA) is 47.7 Å². The van der Waals surface area contributed by atoms with E-state index in [2.05, 4.69) is 25.7 Å². The van der Waals surface area contributed by atoms with Gasteiger partial charge in [-0.1, -0.05) is 0 Å². The zero-order valence-electron chi connectivity index (χ0n) is 11.3. The van der Waals surface area contributed by atoms with E-state index in [1.54, 1.807) is 0 Å². The molecule has 0 aromatic carbocycles. The van der Waals surface area contributed by atoms with E-state index in [0.717, 1.165) is 39.1 Å². The SMILES string of the molecule is CCOC1CC(CN)(N2C[C@@H](C)O[C@@H](C)C2)C1. The monoisotopic (exact) mass is 242 g/mol. The van der Waals surface area contributed by atoms with Crippen LogP contribution >= 0.6 is 0 Å². The van der Waals surface area contributed by atoms with E-state index in [0.29, 0.717) is 18.3 Å². The lowest BCUT2D eigenvalue weighted by molar-refractivity contribution is -0.154. The molecule has 0 unspecified atom stereocenters. The lowest BCUT2D eigenvalue weighted by atomic mass is 9.72. The molecule has 2 fully saturated rings. The molecule has 4 heteroatoms. The van der Waals surface area contributed by atoms with Gasteiger partial charge in [-0.05, 0) is 33.6 Å². The third kappa shape index (κ3) is 2.65. The minimum atomic E-state index is 0.173. The van der Waals surface area contributed by atoms with Crippen molar-refractivity contribution in [2.24, 2.45) is 5.73 Å². The standard InChI is InChI=1S/C13H26N2O2/c1-4-16-12-5-13(6-12,9-14)15-7-10(2)17-11(3)8-15/h10-12H,4-9,14H2,1-3H3/t10-,11+,12?,13?. The molecular formula is C13H26N2O2. The average Bonchev–Trinajstić information content (AvgIpc) is 2.21. The van der Waals surface area contributed by atoms with E-state index in [-0.39, 0.29) is 5.54 Å². The molecule has 1 aliphatic carbocycles.